The zero-order chi connectivity index (χ0) is 24.9. The Morgan fingerprint density at radius 3 is 2.56 bits per heavy atom. The first-order chi connectivity index (χ1) is 17.6. The van der Waals surface area contributed by atoms with E-state index in [2.05, 4.69) is 60.1 Å². The van der Waals surface area contributed by atoms with Gasteiger partial charge in [-0.1, -0.05) is 49.7 Å². The smallest absolute Gasteiger partial charge is 0.231 e. The first kappa shape index (κ1) is 24.1. The SMILES string of the molecule is CCCCn1c(C(C)NC(Cc2ccc3c(c2)OCO3)c2ccccc2)cnc1-c1ccc(F)cc1. The van der Waals surface area contributed by atoms with Crippen LogP contribution in [-0.2, 0) is 13.0 Å². The molecule has 1 N–H and O–H groups in total. The molecule has 1 aromatic heterocycles. The van der Waals surface area contributed by atoms with Gasteiger partial charge in [-0.05, 0) is 67.3 Å². The number of rotatable bonds is 10. The van der Waals surface area contributed by atoms with Crippen LogP contribution in [0.3, 0.4) is 0 Å². The predicted molar refractivity (Wildman–Crippen MR) is 140 cm³/mol. The number of aromatic nitrogens is 2. The normalized spacial score (nSPS) is 14.1. The van der Waals surface area contributed by atoms with Crippen LogP contribution in [0.4, 0.5) is 4.39 Å². The highest BCUT2D eigenvalue weighted by Gasteiger charge is 2.22. The van der Waals surface area contributed by atoms with Crippen molar-refractivity contribution in [2.45, 2.75) is 51.7 Å². The van der Waals surface area contributed by atoms with Crippen molar-refractivity contribution in [3.63, 3.8) is 0 Å². The first-order valence-electron chi connectivity index (χ1n) is 12.6. The number of halogens is 1. The molecule has 2 atom stereocenters. The van der Waals surface area contributed by atoms with E-state index in [-0.39, 0.29) is 24.7 Å². The highest BCUT2D eigenvalue weighted by atomic mass is 19.1. The van der Waals surface area contributed by atoms with Gasteiger partial charge < -0.3 is 19.4 Å². The molecule has 0 aliphatic carbocycles. The molecule has 1 aliphatic rings. The molecule has 5 nitrogen and oxygen atoms in total. The summed E-state index contributed by atoms with van der Waals surface area (Å²) in [4.78, 5) is 4.76. The maximum Gasteiger partial charge on any atom is 0.231 e. The number of hydrogen-bond donors (Lipinski definition) is 1. The van der Waals surface area contributed by atoms with E-state index in [4.69, 9.17) is 14.5 Å². The van der Waals surface area contributed by atoms with E-state index < -0.39 is 0 Å². The molecule has 0 radical (unpaired) electrons. The molecule has 0 bridgehead atoms. The Bertz CT molecular complexity index is 1290. The second kappa shape index (κ2) is 11.0. The van der Waals surface area contributed by atoms with E-state index in [0.29, 0.717) is 0 Å². The van der Waals surface area contributed by atoms with Crippen LogP contribution >= 0.6 is 0 Å². The van der Waals surface area contributed by atoms with Crippen LogP contribution in [0, 0.1) is 5.82 Å². The van der Waals surface area contributed by atoms with Crippen molar-refractivity contribution in [2.75, 3.05) is 6.79 Å². The molecule has 0 saturated heterocycles. The third-order valence-corrected chi connectivity index (χ3v) is 6.70. The summed E-state index contributed by atoms with van der Waals surface area (Å²) in [7, 11) is 0. The maximum absolute atomic E-state index is 13.5. The topological polar surface area (TPSA) is 48.3 Å². The first-order valence-corrected chi connectivity index (χ1v) is 12.6. The highest BCUT2D eigenvalue weighted by molar-refractivity contribution is 5.56. The molecule has 1 aliphatic heterocycles. The van der Waals surface area contributed by atoms with Crippen molar-refractivity contribution in [3.05, 3.63) is 102 Å². The fourth-order valence-electron chi connectivity index (χ4n) is 4.76. The largest absolute Gasteiger partial charge is 0.454 e. The maximum atomic E-state index is 13.5. The van der Waals surface area contributed by atoms with Gasteiger partial charge in [0.1, 0.15) is 11.6 Å². The number of nitrogens with zero attached hydrogens (tertiary/aromatic N) is 2. The van der Waals surface area contributed by atoms with Gasteiger partial charge in [-0.25, -0.2) is 9.37 Å². The Kier molecular flexibility index (Phi) is 7.33. The molecule has 0 saturated carbocycles. The monoisotopic (exact) mass is 485 g/mol. The van der Waals surface area contributed by atoms with E-state index in [1.54, 1.807) is 12.1 Å². The number of fused-ring (bicyclic) bond motifs is 1. The Morgan fingerprint density at radius 1 is 1.00 bits per heavy atom. The number of benzene rings is 3. The number of nitrogens with one attached hydrogen (secondary N) is 1. The fourth-order valence-corrected chi connectivity index (χ4v) is 4.76. The minimum absolute atomic E-state index is 0.0442. The summed E-state index contributed by atoms with van der Waals surface area (Å²) in [5.74, 6) is 2.23. The Balaban J connectivity index is 1.43. The number of unbranched alkanes of at least 4 members (excludes halogenated alkanes) is 1. The standard InChI is InChI=1S/C30H32FN3O2/c1-3-4-16-34-27(19-32-30(34)24-11-13-25(31)14-12-24)21(2)33-26(23-8-6-5-7-9-23)17-22-10-15-28-29(18-22)36-20-35-28/h5-15,18-19,21,26,33H,3-4,16-17,20H2,1-2H3. The molecule has 4 aromatic rings. The molecule has 0 fully saturated rings. The van der Waals surface area contributed by atoms with Crippen molar-refractivity contribution >= 4 is 0 Å². The van der Waals surface area contributed by atoms with Crippen molar-refractivity contribution in [1.29, 1.82) is 0 Å². The van der Waals surface area contributed by atoms with Gasteiger partial charge >= 0.3 is 0 Å². The van der Waals surface area contributed by atoms with Crippen LogP contribution in [-0.4, -0.2) is 16.3 Å². The van der Waals surface area contributed by atoms with Crippen LogP contribution in [0.25, 0.3) is 11.4 Å². The average molecular weight is 486 g/mol. The Morgan fingerprint density at radius 2 is 1.78 bits per heavy atom. The summed E-state index contributed by atoms with van der Waals surface area (Å²) in [5, 5.41) is 3.86. The van der Waals surface area contributed by atoms with Crippen LogP contribution in [0.1, 0.15) is 55.6 Å². The van der Waals surface area contributed by atoms with Crippen molar-refractivity contribution < 1.29 is 13.9 Å². The molecule has 0 amide bonds. The lowest BCUT2D eigenvalue weighted by Gasteiger charge is -2.25. The van der Waals surface area contributed by atoms with Crippen LogP contribution in [0.5, 0.6) is 11.5 Å². The second-order valence-corrected chi connectivity index (χ2v) is 9.26. The van der Waals surface area contributed by atoms with Crippen LogP contribution in [0.2, 0.25) is 0 Å². The number of hydrogen-bond acceptors (Lipinski definition) is 4. The zero-order valence-corrected chi connectivity index (χ0v) is 20.8. The number of imidazole rings is 1. The fraction of sp³-hybridized carbons (Fsp3) is 0.300. The third-order valence-electron chi connectivity index (χ3n) is 6.70. The van der Waals surface area contributed by atoms with Gasteiger partial charge in [-0.3, -0.25) is 0 Å². The number of ether oxygens (including phenoxy) is 2. The molecule has 2 unspecified atom stereocenters. The van der Waals surface area contributed by atoms with E-state index in [1.807, 2.05) is 18.3 Å². The highest BCUT2D eigenvalue weighted by Crippen LogP contribution is 2.34. The molecule has 3 aromatic carbocycles. The minimum atomic E-state index is -0.241. The van der Waals surface area contributed by atoms with Crippen molar-refractivity contribution in [2.24, 2.45) is 0 Å². The molecule has 36 heavy (non-hydrogen) atoms. The van der Waals surface area contributed by atoms with Gasteiger partial charge in [-0.2, -0.15) is 0 Å². The van der Waals surface area contributed by atoms with E-state index >= 15 is 0 Å². The summed E-state index contributed by atoms with van der Waals surface area (Å²) in [5.41, 5.74) is 4.44. The van der Waals surface area contributed by atoms with Gasteiger partial charge in [0.25, 0.3) is 0 Å². The van der Waals surface area contributed by atoms with Gasteiger partial charge in [0.05, 0.1) is 11.9 Å². The second-order valence-electron chi connectivity index (χ2n) is 9.26. The summed E-state index contributed by atoms with van der Waals surface area (Å²) in [6.45, 7) is 5.51. The van der Waals surface area contributed by atoms with E-state index in [0.717, 1.165) is 54.4 Å². The average Bonchev–Trinajstić information content (AvgIpc) is 3.55. The zero-order valence-electron chi connectivity index (χ0n) is 20.8. The third kappa shape index (κ3) is 5.29. The Labute approximate surface area is 211 Å². The van der Waals surface area contributed by atoms with Gasteiger partial charge in [0.2, 0.25) is 6.79 Å². The summed E-state index contributed by atoms with van der Waals surface area (Å²) in [6, 6.07) is 23.4. The lowest BCUT2D eigenvalue weighted by atomic mass is 9.97. The van der Waals surface area contributed by atoms with Gasteiger partial charge in [-0.15, -0.1) is 0 Å². The van der Waals surface area contributed by atoms with Gasteiger partial charge in [0.15, 0.2) is 11.5 Å². The quantitative estimate of drug-likeness (QED) is 0.267. The van der Waals surface area contributed by atoms with Crippen LogP contribution in [0.15, 0.2) is 79.0 Å². The molecule has 6 heteroatoms. The molecule has 0 spiro atoms. The van der Waals surface area contributed by atoms with Crippen LogP contribution < -0.4 is 14.8 Å². The summed E-state index contributed by atoms with van der Waals surface area (Å²) in [6.07, 6.45) is 4.89. The summed E-state index contributed by atoms with van der Waals surface area (Å²) < 4.78 is 26.9. The predicted octanol–water partition coefficient (Wildman–Crippen LogP) is 6.85. The molecular weight excluding hydrogens is 453 g/mol. The van der Waals surface area contributed by atoms with Crippen molar-refractivity contribution in [3.8, 4) is 22.9 Å². The molecular formula is C30H32FN3O2. The lowest BCUT2D eigenvalue weighted by Crippen LogP contribution is -2.28. The molecule has 5 rings (SSSR count). The lowest BCUT2D eigenvalue weighted by molar-refractivity contribution is 0.174. The minimum Gasteiger partial charge on any atom is -0.454 e. The Hall–Kier alpha value is -3.64. The summed E-state index contributed by atoms with van der Waals surface area (Å²) >= 11 is 0. The molecule has 186 valence electrons. The molecule has 2 heterocycles. The van der Waals surface area contributed by atoms with Crippen molar-refractivity contribution in [1.82, 2.24) is 14.9 Å². The van der Waals surface area contributed by atoms with E-state index in [9.17, 15) is 4.39 Å². The van der Waals surface area contributed by atoms with Gasteiger partial charge in [0, 0.05) is 24.2 Å². The van der Waals surface area contributed by atoms with E-state index in [1.165, 1.54) is 23.3 Å².